The molecule has 1 fully saturated rings. The third-order valence-electron chi connectivity index (χ3n) is 5.79. The van der Waals surface area contributed by atoms with Gasteiger partial charge in [-0.3, -0.25) is 14.9 Å². The average Bonchev–Trinajstić information content (AvgIpc) is 3.25. The molecular weight excluding hydrogens is 358 g/mol. The van der Waals surface area contributed by atoms with E-state index >= 15 is 0 Å². The monoisotopic (exact) mass is 387 g/mol. The molecule has 1 aromatic heterocycles. The van der Waals surface area contributed by atoms with Crippen LogP contribution in [0.5, 0.6) is 0 Å². The van der Waals surface area contributed by atoms with Crippen LogP contribution in [0.25, 0.3) is 10.8 Å². The summed E-state index contributed by atoms with van der Waals surface area (Å²) in [6.45, 7) is 5.05. The predicted molar refractivity (Wildman–Crippen MR) is 120 cm³/mol. The van der Waals surface area contributed by atoms with Gasteiger partial charge in [0.05, 0.1) is 12.2 Å². The standard InChI is InChI=1S/C24H29N5/c1-18(19-8-4-3-5-9-19)29-15-13-21(17-29)28-24(25-2)27-16-23-22-11-7-6-10-20(22)12-14-26-23/h3-12,14,18,21H,13,15-17H2,1-2H3,(H2,25,27,28). The molecule has 3 aromatic rings. The van der Waals surface area contributed by atoms with E-state index in [0.717, 1.165) is 31.2 Å². The Balaban J connectivity index is 1.34. The van der Waals surface area contributed by atoms with Crippen LogP contribution in [0.3, 0.4) is 0 Å². The van der Waals surface area contributed by atoms with Crippen LogP contribution in [0.2, 0.25) is 0 Å². The molecule has 0 bridgehead atoms. The van der Waals surface area contributed by atoms with Crippen LogP contribution < -0.4 is 10.6 Å². The van der Waals surface area contributed by atoms with Crippen molar-refractivity contribution in [3.8, 4) is 0 Å². The van der Waals surface area contributed by atoms with Gasteiger partial charge in [0.2, 0.25) is 0 Å². The number of aliphatic imine (C=N–C) groups is 1. The van der Waals surface area contributed by atoms with E-state index in [2.05, 4.69) is 87.0 Å². The van der Waals surface area contributed by atoms with Crippen molar-refractivity contribution in [2.75, 3.05) is 20.1 Å². The highest BCUT2D eigenvalue weighted by Crippen LogP contribution is 2.24. The number of hydrogen-bond acceptors (Lipinski definition) is 3. The molecule has 0 aliphatic carbocycles. The van der Waals surface area contributed by atoms with Gasteiger partial charge in [0, 0.05) is 43.8 Å². The molecule has 1 aliphatic rings. The lowest BCUT2D eigenvalue weighted by Gasteiger charge is -2.25. The maximum atomic E-state index is 4.56. The SMILES string of the molecule is CN=C(NCc1nccc2ccccc12)NC1CCN(C(C)c2ccccc2)C1. The fraction of sp³-hybridized carbons (Fsp3) is 0.333. The first-order chi connectivity index (χ1) is 14.2. The van der Waals surface area contributed by atoms with Gasteiger partial charge in [-0.15, -0.1) is 0 Å². The van der Waals surface area contributed by atoms with Crippen molar-refractivity contribution in [3.63, 3.8) is 0 Å². The lowest BCUT2D eigenvalue weighted by atomic mass is 10.1. The van der Waals surface area contributed by atoms with Gasteiger partial charge < -0.3 is 10.6 Å². The number of nitrogens with one attached hydrogen (secondary N) is 2. The number of fused-ring (bicyclic) bond motifs is 1. The Morgan fingerprint density at radius 1 is 1.14 bits per heavy atom. The number of rotatable bonds is 5. The van der Waals surface area contributed by atoms with Crippen molar-refractivity contribution in [2.24, 2.45) is 4.99 Å². The molecule has 2 aromatic carbocycles. The molecule has 5 heteroatoms. The number of nitrogens with zero attached hydrogens (tertiary/aromatic N) is 3. The summed E-state index contributed by atoms with van der Waals surface area (Å²) in [5.74, 6) is 0.832. The number of guanidine groups is 1. The van der Waals surface area contributed by atoms with Crippen LogP contribution in [-0.2, 0) is 6.54 Å². The molecule has 4 rings (SSSR count). The fourth-order valence-corrected chi connectivity index (χ4v) is 4.08. The second-order valence-corrected chi connectivity index (χ2v) is 7.62. The number of likely N-dealkylation sites (tertiary alicyclic amines) is 1. The Kier molecular flexibility index (Phi) is 6.06. The van der Waals surface area contributed by atoms with Crippen LogP contribution in [-0.4, -0.2) is 42.0 Å². The van der Waals surface area contributed by atoms with Crippen LogP contribution >= 0.6 is 0 Å². The minimum Gasteiger partial charge on any atom is -0.352 e. The molecule has 2 heterocycles. The molecular formula is C24H29N5. The minimum absolute atomic E-state index is 0.396. The van der Waals surface area contributed by atoms with Crippen molar-refractivity contribution in [1.29, 1.82) is 0 Å². The summed E-state index contributed by atoms with van der Waals surface area (Å²) in [5, 5.41) is 9.42. The van der Waals surface area contributed by atoms with Gasteiger partial charge in [-0.2, -0.15) is 0 Å². The third kappa shape index (κ3) is 4.57. The van der Waals surface area contributed by atoms with Crippen LogP contribution in [0.4, 0.5) is 0 Å². The first-order valence-electron chi connectivity index (χ1n) is 10.3. The van der Waals surface area contributed by atoms with Crippen molar-refractivity contribution in [2.45, 2.75) is 32.0 Å². The summed E-state index contributed by atoms with van der Waals surface area (Å²) in [4.78, 5) is 11.5. The highest BCUT2D eigenvalue weighted by molar-refractivity contribution is 5.85. The zero-order valence-corrected chi connectivity index (χ0v) is 17.2. The number of pyridine rings is 1. The van der Waals surface area contributed by atoms with Crippen molar-refractivity contribution in [1.82, 2.24) is 20.5 Å². The topological polar surface area (TPSA) is 52.6 Å². The third-order valence-corrected chi connectivity index (χ3v) is 5.79. The van der Waals surface area contributed by atoms with E-state index in [-0.39, 0.29) is 0 Å². The summed E-state index contributed by atoms with van der Waals surface area (Å²) < 4.78 is 0. The summed E-state index contributed by atoms with van der Waals surface area (Å²) in [6, 6.07) is 22.0. The Hall–Kier alpha value is -2.92. The van der Waals surface area contributed by atoms with Crippen LogP contribution in [0.15, 0.2) is 71.9 Å². The van der Waals surface area contributed by atoms with Gasteiger partial charge in [-0.1, -0.05) is 54.6 Å². The molecule has 1 saturated heterocycles. The zero-order chi connectivity index (χ0) is 20.1. The van der Waals surface area contributed by atoms with Gasteiger partial charge in [-0.25, -0.2) is 0 Å². The molecule has 0 spiro atoms. The second-order valence-electron chi connectivity index (χ2n) is 7.62. The highest BCUT2D eigenvalue weighted by atomic mass is 15.3. The minimum atomic E-state index is 0.396. The van der Waals surface area contributed by atoms with E-state index < -0.39 is 0 Å². The van der Waals surface area contributed by atoms with E-state index in [1.807, 2.05) is 19.3 Å². The molecule has 0 radical (unpaired) electrons. The van der Waals surface area contributed by atoms with Gasteiger partial charge >= 0.3 is 0 Å². The maximum Gasteiger partial charge on any atom is 0.191 e. The lowest BCUT2D eigenvalue weighted by Crippen LogP contribution is -2.44. The predicted octanol–water partition coefficient (Wildman–Crippen LogP) is 3.74. The average molecular weight is 388 g/mol. The van der Waals surface area contributed by atoms with Crippen LogP contribution in [0.1, 0.15) is 30.6 Å². The van der Waals surface area contributed by atoms with Gasteiger partial charge in [0.1, 0.15) is 0 Å². The molecule has 2 N–H and O–H groups in total. The molecule has 5 nitrogen and oxygen atoms in total. The smallest absolute Gasteiger partial charge is 0.191 e. The number of aromatic nitrogens is 1. The largest absolute Gasteiger partial charge is 0.352 e. The van der Waals surface area contributed by atoms with Crippen molar-refractivity contribution >= 4 is 16.7 Å². The van der Waals surface area contributed by atoms with E-state index in [4.69, 9.17) is 0 Å². The summed E-state index contributed by atoms with van der Waals surface area (Å²) in [7, 11) is 1.82. The molecule has 2 atom stereocenters. The maximum absolute atomic E-state index is 4.56. The number of benzene rings is 2. The van der Waals surface area contributed by atoms with Crippen LogP contribution in [0, 0.1) is 0 Å². The van der Waals surface area contributed by atoms with E-state index in [0.29, 0.717) is 18.6 Å². The van der Waals surface area contributed by atoms with E-state index in [9.17, 15) is 0 Å². The van der Waals surface area contributed by atoms with Gasteiger partial charge in [-0.05, 0) is 30.4 Å². The fourth-order valence-electron chi connectivity index (χ4n) is 4.08. The zero-order valence-electron chi connectivity index (χ0n) is 17.2. The summed E-state index contributed by atoms with van der Waals surface area (Å²) >= 11 is 0. The Bertz CT molecular complexity index is 964. The molecule has 29 heavy (non-hydrogen) atoms. The van der Waals surface area contributed by atoms with E-state index in [1.54, 1.807) is 0 Å². The van der Waals surface area contributed by atoms with Gasteiger partial charge in [0.15, 0.2) is 5.96 Å². The first kappa shape index (κ1) is 19.4. The normalized spacial score (nSPS) is 18.7. The lowest BCUT2D eigenvalue weighted by molar-refractivity contribution is 0.258. The molecule has 1 aliphatic heterocycles. The van der Waals surface area contributed by atoms with Crippen molar-refractivity contribution in [3.05, 3.63) is 78.1 Å². The Labute approximate surface area is 172 Å². The quantitative estimate of drug-likeness (QED) is 0.517. The summed E-state index contributed by atoms with van der Waals surface area (Å²) in [5.41, 5.74) is 2.41. The molecule has 0 amide bonds. The Morgan fingerprint density at radius 2 is 1.93 bits per heavy atom. The Morgan fingerprint density at radius 3 is 2.76 bits per heavy atom. The molecule has 0 saturated carbocycles. The highest BCUT2D eigenvalue weighted by Gasteiger charge is 2.27. The molecule has 150 valence electrons. The van der Waals surface area contributed by atoms with Crippen molar-refractivity contribution < 1.29 is 0 Å². The number of hydrogen-bond donors (Lipinski definition) is 2. The van der Waals surface area contributed by atoms with E-state index in [1.165, 1.54) is 16.3 Å². The second kappa shape index (κ2) is 9.05. The van der Waals surface area contributed by atoms with Gasteiger partial charge in [0.25, 0.3) is 0 Å². The molecule has 2 unspecified atom stereocenters. The first-order valence-corrected chi connectivity index (χ1v) is 10.3. The summed E-state index contributed by atoms with van der Waals surface area (Å²) in [6.07, 6.45) is 2.99.